The highest BCUT2D eigenvalue weighted by atomic mass is 32.2. The van der Waals surface area contributed by atoms with Gasteiger partial charge < -0.3 is 19.9 Å². The van der Waals surface area contributed by atoms with Crippen LogP contribution in [0.3, 0.4) is 0 Å². The molecule has 0 saturated heterocycles. The van der Waals surface area contributed by atoms with Crippen LogP contribution in [0.4, 0.5) is 0 Å². The lowest BCUT2D eigenvalue weighted by Gasteiger charge is -2.31. The molecular weight excluding hydrogens is 492 g/mol. The Morgan fingerprint density at radius 2 is 1.76 bits per heavy atom. The molecular formula is C28H42N2O6S. The lowest BCUT2D eigenvalue weighted by Crippen LogP contribution is -2.44. The van der Waals surface area contributed by atoms with E-state index in [1.54, 1.807) is 38.5 Å². The maximum absolute atomic E-state index is 13.4. The zero-order chi connectivity index (χ0) is 27.4. The van der Waals surface area contributed by atoms with E-state index < -0.39 is 16.1 Å². The fourth-order valence-corrected chi connectivity index (χ4v) is 6.01. The number of carbonyl (C=O) groups excluding carboxylic acids is 1. The Balaban J connectivity index is 1.88. The molecule has 0 fully saturated rings. The van der Waals surface area contributed by atoms with Crippen LogP contribution >= 0.6 is 0 Å². The van der Waals surface area contributed by atoms with E-state index in [0.29, 0.717) is 56.7 Å². The van der Waals surface area contributed by atoms with Crippen molar-refractivity contribution in [2.75, 3.05) is 33.9 Å². The van der Waals surface area contributed by atoms with Gasteiger partial charge in [0.15, 0.2) is 11.5 Å². The van der Waals surface area contributed by atoms with Gasteiger partial charge in [-0.05, 0) is 55.9 Å². The summed E-state index contributed by atoms with van der Waals surface area (Å²) < 4.78 is 38.9. The van der Waals surface area contributed by atoms with Crippen molar-refractivity contribution >= 4 is 15.9 Å². The van der Waals surface area contributed by atoms with Crippen LogP contribution in [0.2, 0.25) is 0 Å². The van der Waals surface area contributed by atoms with E-state index in [1.165, 1.54) is 4.31 Å². The van der Waals surface area contributed by atoms with Gasteiger partial charge in [0, 0.05) is 25.6 Å². The minimum Gasteiger partial charge on any atom is -0.493 e. The van der Waals surface area contributed by atoms with E-state index in [4.69, 9.17) is 9.47 Å². The number of hydrogen-bond donors (Lipinski definition) is 2. The second kappa shape index (κ2) is 15.0. The van der Waals surface area contributed by atoms with E-state index >= 15 is 0 Å². The highest BCUT2D eigenvalue weighted by Gasteiger charge is 2.31. The summed E-state index contributed by atoms with van der Waals surface area (Å²) in [7, 11) is -0.583. The third-order valence-corrected chi connectivity index (χ3v) is 8.12. The number of nitrogens with zero attached hydrogens (tertiary/aromatic N) is 1. The van der Waals surface area contributed by atoms with Gasteiger partial charge in [-0.1, -0.05) is 50.1 Å². The maximum Gasteiger partial charge on any atom is 0.243 e. The molecule has 1 atom stereocenters. The molecule has 2 aromatic carbocycles. The van der Waals surface area contributed by atoms with E-state index in [1.807, 2.05) is 39.0 Å². The van der Waals surface area contributed by atoms with Crippen molar-refractivity contribution in [3.8, 4) is 11.5 Å². The van der Waals surface area contributed by atoms with Crippen molar-refractivity contribution in [2.24, 2.45) is 5.92 Å². The number of benzene rings is 2. The number of carbonyl (C=O) groups is 1. The monoisotopic (exact) mass is 534 g/mol. The number of hydrogen-bond acceptors (Lipinski definition) is 6. The van der Waals surface area contributed by atoms with Crippen LogP contribution in [0.15, 0.2) is 47.4 Å². The van der Waals surface area contributed by atoms with Crippen LogP contribution in [-0.2, 0) is 21.2 Å². The number of rotatable bonds is 16. The zero-order valence-electron chi connectivity index (χ0n) is 22.7. The molecule has 0 spiro atoms. The minimum atomic E-state index is -3.74. The van der Waals surface area contributed by atoms with Gasteiger partial charge in [-0.2, -0.15) is 4.31 Å². The molecule has 0 aliphatic heterocycles. The second-order valence-electron chi connectivity index (χ2n) is 9.62. The number of aliphatic hydroxyl groups is 1. The molecule has 206 valence electrons. The lowest BCUT2D eigenvalue weighted by molar-refractivity contribution is -0.121. The normalized spacial score (nSPS) is 12.5. The van der Waals surface area contributed by atoms with Gasteiger partial charge >= 0.3 is 0 Å². The minimum absolute atomic E-state index is 0.0630. The predicted octanol–water partition coefficient (Wildman–Crippen LogP) is 3.94. The van der Waals surface area contributed by atoms with Crippen LogP contribution in [0.5, 0.6) is 11.5 Å². The third-order valence-electron chi connectivity index (χ3n) is 6.18. The molecule has 0 aliphatic carbocycles. The third kappa shape index (κ3) is 9.02. The smallest absolute Gasteiger partial charge is 0.243 e. The molecule has 0 aliphatic rings. The predicted molar refractivity (Wildman–Crippen MR) is 146 cm³/mol. The number of ether oxygens (including phenoxy) is 2. The van der Waals surface area contributed by atoms with Crippen LogP contribution in [0.1, 0.15) is 50.7 Å². The number of amides is 1. The van der Waals surface area contributed by atoms with Gasteiger partial charge in [0.2, 0.25) is 15.9 Å². The van der Waals surface area contributed by atoms with Crippen LogP contribution < -0.4 is 14.8 Å². The molecule has 2 rings (SSSR count). The summed E-state index contributed by atoms with van der Waals surface area (Å²) in [6, 6.07) is 11.9. The average Bonchev–Trinajstić information content (AvgIpc) is 2.88. The molecule has 1 amide bonds. The topological polar surface area (TPSA) is 105 Å². The van der Waals surface area contributed by atoms with Crippen molar-refractivity contribution in [1.82, 2.24) is 9.62 Å². The standard InChI is InChI=1S/C28H42N2O6S/c1-21(2)19-30(37(33,34)25-15-12-22(3)13-16-25)24(20-31)10-6-7-18-29-27(32)17-14-23-9-8-11-26(35-4)28(23)36-5/h8-9,11-13,15-16,21,24,31H,6-7,10,14,17-20H2,1-5H3,(H,29,32)/t24-/m0/s1. The van der Waals surface area contributed by atoms with E-state index in [-0.39, 0.29) is 23.3 Å². The van der Waals surface area contributed by atoms with Gasteiger partial charge in [-0.3, -0.25) is 4.79 Å². The van der Waals surface area contributed by atoms with Gasteiger partial charge in [0.25, 0.3) is 0 Å². The molecule has 0 saturated carbocycles. The molecule has 0 aromatic heterocycles. The Kier molecular flexibility index (Phi) is 12.4. The Bertz CT molecular complexity index is 1090. The molecule has 9 heteroatoms. The summed E-state index contributed by atoms with van der Waals surface area (Å²) in [6.07, 6.45) is 2.71. The highest BCUT2D eigenvalue weighted by molar-refractivity contribution is 7.89. The SMILES string of the molecule is COc1cccc(CCC(=O)NCCCC[C@@H](CO)N(CC(C)C)S(=O)(=O)c2ccc(C)cc2)c1OC. The molecule has 37 heavy (non-hydrogen) atoms. The fraction of sp³-hybridized carbons (Fsp3) is 0.536. The molecule has 0 heterocycles. The number of aliphatic hydroxyl groups excluding tert-OH is 1. The second-order valence-corrected chi connectivity index (χ2v) is 11.5. The van der Waals surface area contributed by atoms with Crippen molar-refractivity contribution in [2.45, 2.75) is 63.8 Å². The van der Waals surface area contributed by atoms with Crippen molar-refractivity contribution in [3.05, 3.63) is 53.6 Å². The number of sulfonamides is 1. The quantitative estimate of drug-likeness (QED) is 0.316. The van der Waals surface area contributed by atoms with Gasteiger partial charge in [-0.25, -0.2) is 8.42 Å². The van der Waals surface area contributed by atoms with Gasteiger partial charge in [0.05, 0.1) is 25.7 Å². The first-order valence-electron chi connectivity index (χ1n) is 12.8. The summed E-state index contributed by atoms with van der Waals surface area (Å²) in [5.41, 5.74) is 1.89. The first-order valence-corrected chi connectivity index (χ1v) is 14.2. The van der Waals surface area contributed by atoms with E-state index in [9.17, 15) is 18.3 Å². The van der Waals surface area contributed by atoms with Crippen LogP contribution in [0, 0.1) is 12.8 Å². The first-order chi connectivity index (χ1) is 17.6. The van der Waals surface area contributed by atoms with E-state index in [2.05, 4.69) is 5.32 Å². The number of aryl methyl sites for hydroxylation is 2. The summed E-state index contributed by atoms with van der Waals surface area (Å²) in [5, 5.41) is 13.0. The van der Waals surface area contributed by atoms with Crippen molar-refractivity contribution in [1.29, 1.82) is 0 Å². The van der Waals surface area contributed by atoms with Crippen LogP contribution in [0.25, 0.3) is 0 Å². The Hall–Kier alpha value is -2.62. The molecule has 0 radical (unpaired) electrons. The van der Waals surface area contributed by atoms with Crippen molar-refractivity contribution < 1.29 is 27.8 Å². The van der Waals surface area contributed by atoms with Crippen molar-refractivity contribution in [3.63, 3.8) is 0 Å². The summed E-state index contributed by atoms with van der Waals surface area (Å²) in [4.78, 5) is 12.6. The first kappa shape index (κ1) is 30.6. The Morgan fingerprint density at radius 3 is 2.35 bits per heavy atom. The molecule has 2 N–H and O–H groups in total. The summed E-state index contributed by atoms with van der Waals surface area (Å²) in [6.45, 7) is 6.39. The van der Waals surface area contributed by atoms with Gasteiger partial charge in [0.1, 0.15) is 0 Å². The molecule has 0 bridgehead atoms. The Labute approximate surface area is 222 Å². The Morgan fingerprint density at radius 1 is 1.05 bits per heavy atom. The number of unbranched alkanes of at least 4 members (excludes halogenated alkanes) is 1. The largest absolute Gasteiger partial charge is 0.493 e. The summed E-state index contributed by atoms with van der Waals surface area (Å²) >= 11 is 0. The summed E-state index contributed by atoms with van der Waals surface area (Å²) in [5.74, 6) is 1.32. The maximum atomic E-state index is 13.4. The zero-order valence-corrected chi connectivity index (χ0v) is 23.5. The number of nitrogens with one attached hydrogen (secondary N) is 1. The fourth-order valence-electron chi connectivity index (χ4n) is 4.20. The van der Waals surface area contributed by atoms with Gasteiger partial charge in [-0.15, -0.1) is 0 Å². The number of para-hydroxylation sites is 1. The molecule has 0 unspecified atom stereocenters. The number of methoxy groups -OCH3 is 2. The van der Waals surface area contributed by atoms with E-state index in [0.717, 1.165) is 11.1 Å². The lowest BCUT2D eigenvalue weighted by atomic mass is 10.1. The molecule has 2 aromatic rings. The van der Waals surface area contributed by atoms with Crippen LogP contribution in [-0.4, -0.2) is 63.7 Å². The highest BCUT2D eigenvalue weighted by Crippen LogP contribution is 2.31. The molecule has 8 nitrogen and oxygen atoms in total. The average molecular weight is 535 g/mol.